The molecule has 0 fully saturated rings. The van der Waals surface area contributed by atoms with Gasteiger partial charge in [0.25, 0.3) is 0 Å². The molecule has 36 heavy (non-hydrogen) atoms. The highest BCUT2D eigenvalue weighted by Crippen LogP contribution is 2.41. The summed E-state index contributed by atoms with van der Waals surface area (Å²) in [6.07, 6.45) is 4.53. The van der Waals surface area contributed by atoms with E-state index in [0.29, 0.717) is 16.9 Å². The third kappa shape index (κ3) is 4.92. The molecule has 0 saturated heterocycles. The Morgan fingerprint density at radius 2 is 1.92 bits per heavy atom. The van der Waals surface area contributed by atoms with Gasteiger partial charge in [0, 0.05) is 38.9 Å². The molecule has 3 aromatic carbocycles. The van der Waals surface area contributed by atoms with Crippen molar-refractivity contribution in [1.29, 1.82) is 0 Å². The molecule has 5 nitrogen and oxygen atoms in total. The number of aryl methyl sites for hydroxylation is 1. The van der Waals surface area contributed by atoms with Crippen LogP contribution >= 0.6 is 11.3 Å². The van der Waals surface area contributed by atoms with Gasteiger partial charge in [0.1, 0.15) is 30.9 Å². The summed E-state index contributed by atoms with van der Waals surface area (Å²) in [4.78, 5) is 14.9. The molecule has 0 unspecified atom stereocenters. The maximum Gasteiger partial charge on any atom is 0.195 e. The molecule has 0 aliphatic carbocycles. The zero-order valence-corrected chi connectivity index (χ0v) is 21.4. The van der Waals surface area contributed by atoms with Gasteiger partial charge in [0.15, 0.2) is 12.3 Å². The third-order valence-corrected chi connectivity index (χ3v) is 7.71. The van der Waals surface area contributed by atoms with Gasteiger partial charge in [-0.25, -0.2) is 4.58 Å². The fraction of sp³-hybridized carbons (Fsp3) is 0.267. The number of carbonyl (C=O) groups is 1. The van der Waals surface area contributed by atoms with Crippen molar-refractivity contribution in [2.75, 3.05) is 26.9 Å². The molecule has 5 rings (SSSR count). The lowest BCUT2D eigenvalue weighted by Gasteiger charge is -2.11. The van der Waals surface area contributed by atoms with E-state index in [-0.39, 0.29) is 19.0 Å². The van der Waals surface area contributed by atoms with Crippen molar-refractivity contribution >= 4 is 33.4 Å². The number of hydrogen-bond donors (Lipinski definition) is 1. The molecule has 6 heteroatoms. The maximum absolute atomic E-state index is 14.0. The van der Waals surface area contributed by atoms with Crippen molar-refractivity contribution in [2.45, 2.75) is 26.3 Å². The summed E-state index contributed by atoms with van der Waals surface area (Å²) in [5, 5.41) is 9.98. The molecule has 0 radical (unpaired) electrons. The number of rotatable bonds is 9. The molecular weight excluding hydrogens is 470 g/mol. The number of thiophene rings is 1. The summed E-state index contributed by atoms with van der Waals surface area (Å²) < 4.78 is 14.6. The van der Waals surface area contributed by atoms with Gasteiger partial charge in [-0.3, -0.25) is 4.79 Å². The van der Waals surface area contributed by atoms with Crippen LogP contribution in [0.3, 0.4) is 0 Å². The molecule has 0 saturated carbocycles. The minimum Gasteiger partial charge on any atom is -0.496 e. The molecule has 1 aliphatic rings. The Kier molecular flexibility index (Phi) is 7.16. The first-order chi connectivity index (χ1) is 17.6. The summed E-state index contributed by atoms with van der Waals surface area (Å²) in [5.41, 5.74) is 4.53. The van der Waals surface area contributed by atoms with Crippen molar-refractivity contribution < 1.29 is 24.0 Å². The first kappa shape index (κ1) is 24.2. The molecule has 184 valence electrons. The van der Waals surface area contributed by atoms with E-state index < -0.39 is 0 Å². The van der Waals surface area contributed by atoms with Crippen LogP contribution in [0.4, 0.5) is 0 Å². The summed E-state index contributed by atoms with van der Waals surface area (Å²) in [7, 11) is 1.66. The number of aliphatic hydroxyl groups excluding tert-OH is 1. The highest BCUT2D eigenvalue weighted by atomic mass is 32.1. The first-order valence-electron chi connectivity index (χ1n) is 12.2. The monoisotopic (exact) mass is 500 g/mol. The Hall–Kier alpha value is -3.48. The van der Waals surface area contributed by atoms with E-state index in [9.17, 15) is 4.79 Å². The normalized spacial score (nSPS) is 13.1. The van der Waals surface area contributed by atoms with Crippen LogP contribution in [0.2, 0.25) is 0 Å². The van der Waals surface area contributed by atoms with Crippen LogP contribution in [0.15, 0.2) is 60.7 Å². The van der Waals surface area contributed by atoms with Gasteiger partial charge >= 0.3 is 0 Å². The van der Waals surface area contributed by atoms with E-state index in [1.165, 1.54) is 6.42 Å². The number of fused-ring (bicyclic) bond motifs is 1. The number of nitrogens with zero attached hydrogens (tertiary/aromatic N) is 1. The molecule has 0 spiro atoms. The van der Waals surface area contributed by atoms with E-state index >= 15 is 0 Å². The van der Waals surface area contributed by atoms with Crippen LogP contribution in [0, 0.1) is 6.92 Å². The number of ketones is 1. The Balaban J connectivity index is 1.55. The van der Waals surface area contributed by atoms with E-state index in [1.807, 2.05) is 48.5 Å². The van der Waals surface area contributed by atoms with Crippen molar-refractivity contribution in [3.8, 4) is 21.9 Å². The van der Waals surface area contributed by atoms with Crippen molar-refractivity contribution in [1.82, 2.24) is 0 Å². The van der Waals surface area contributed by atoms with Gasteiger partial charge < -0.3 is 14.6 Å². The summed E-state index contributed by atoms with van der Waals surface area (Å²) in [6, 6.07) is 19.7. The van der Waals surface area contributed by atoms with Gasteiger partial charge in [0.05, 0.1) is 19.3 Å². The quantitative estimate of drug-likeness (QED) is 0.231. The molecular formula is C30H30NO4S+. The van der Waals surface area contributed by atoms with Crippen molar-refractivity contribution in [3.63, 3.8) is 0 Å². The minimum absolute atomic E-state index is 0.0155. The Labute approximate surface area is 215 Å². The molecule has 1 N–H and O–H groups in total. The summed E-state index contributed by atoms with van der Waals surface area (Å²) >= 11 is 1.63. The molecule has 0 amide bonds. The Bertz CT molecular complexity index is 1440. The second kappa shape index (κ2) is 10.6. The van der Waals surface area contributed by atoms with Gasteiger partial charge in [-0.2, -0.15) is 0 Å². The molecule has 1 aliphatic heterocycles. The Morgan fingerprint density at radius 1 is 1.08 bits per heavy atom. The molecule has 0 atom stereocenters. The zero-order chi connectivity index (χ0) is 25.1. The lowest BCUT2D eigenvalue weighted by Crippen LogP contribution is -2.10. The average molecular weight is 501 g/mol. The number of methoxy groups -OCH3 is 1. The Morgan fingerprint density at radius 3 is 2.64 bits per heavy atom. The topological polar surface area (TPSA) is 58.8 Å². The van der Waals surface area contributed by atoms with E-state index in [1.54, 1.807) is 18.4 Å². The van der Waals surface area contributed by atoms with Crippen LogP contribution in [0.5, 0.6) is 11.5 Å². The molecule has 0 bridgehead atoms. The zero-order valence-electron chi connectivity index (χ0n) is 20.6. The number of ether oxygens (including phenoxy) is 2. The predicted molar refractivity (Wildman–Crippen MR) is 145 cm³/mol. The van der Waals surface area contributed by atoms with Gasteiger partial charge in [-0.15, -0.1) is 11.3 Å². The summed E-state index contributed by atoms with van der Waals surface area (Å²) in [6.45, 7) is 4.12. The SMILES string of the molecule is COc1cc(C(=O)c2c(-c3ccc(OCCO)cc3)sc3cc(C)ccc23)ccc1C[N+]1=CCCC1. The lowest BCUT2D eigenvalue weighted by atomic mass is 9.96. The van der Waals surface area contributed by atoms with Crippen molar-refractivity contribution in [2.24, 2.45) is 0 Å². The largest absolute Gasteiger partial charge is 0.496 e. The minimum atomic E-state index is -0.0331. The number of aliphatic hydroxyl groups is 1. The van der Waals surface area contributed by atoms with Gasteiger partial charge in [0.2, 0.25) is 0 Å². The van der Waals surface area contributed by atoms with Gasteiger partial charge in [-0.05, 0) is 60.5 Å². The molecule has 4 aromatic rings. The van der Waals surface area contributed by atoms with E-state index in [2.05, 4.69) is 29.8 Å². The number of carbonyl (C=O) groups excluding carboxylic acids is 1. The second-order valence-electron chi connectivity index (χ2n) is 9.05. The van der Waals surface area contributed by atoms with Crippen LogP contribution in [0.25, 0.3) is 20.5 Å². The highest BCUT2D eigenvalue weighted by Gasteiger charge is 2.23. The molecule has 2 heterocycles. The number of hydrogen-bond acceptors (Lipinski definition) is 5. The maximum atomic E-state index is 14.0. The fourth-order valence-corrected chi connectivity index (χ4v) is 5.98. The molecule has 1 aromatic heterocycles. The lowest BCUT2D eigenvalue weighted by molar-refractivity contribution is -0.532. The van der Waals surface area contributed by atoms with E-state index in [0.717, 1.165) is 56.9 Å². The van der Waals surface area contributed by atoms with E-state index in [4.69, 9.17) is 14.6 Å². The summed E-state index contributed by atoms with van der Waals surface area (Å²) in [5.74, 6) is 1.41. The van der Waals surface area contributed by atoms with Crippen LogP contribution < -0.4 is 9.47 Å². The highest BCUT2D eigenvalue weighted by molar-refractivity contribution is 7.22. The van der Waals surface area contributed by atoms with Crippen LogP contribution in [-0.4, -0.2) is 48.5 Å². The first-order valence-corrected chi connectivity index (χ1v) is 13.1. The standard InChI is InChI=1S/C30H30NO4S/c1-20-5-12-25-27(17-20)36-30(21-8-10-24(11-9-21)35-16-15-32)28(25)29(33)22-6-7-23(26(18-22)34-2)19-31-13-3-4-14-31/h5-13,17-18,32H,3-4,14-16,19H2,1-2H3/q+1. The number of benzene rings is 3. The fourth-order valence-electron chi connectivity index (χ4n) is 4.68. The van der Waals surface area contributed by atoms with Crippen LogP contribution in [-0.2, 0) is 6.54 Å². The third-order valence-electron chi connectivity index (χ3n) is 6.51. The average Bonchev–Trinajstić information content (AvgIpc) is 3.55. The predicted octanol–water partition coefficient (Wildman–Crippen LogP) is 5.86. The second-order valence-corrected chi connectivity index (χ2v) is 10.1. The van der Waals surface area contributed by atoms with Crippen molar-refractivity contribution in [3.05, 3.63) is 82.9 Å². The van der Waals surface area contributed by atoms with Crippen LogP contribution in [0.1, 0.15) is 39.9 Å². The smallest absolute Gasteiger partial charge is 0.195 e. The van der Waals surface area contributed by atoms with Gasteiger partial charge in [-0.1, -0.05) is 18.2 Å².